The zero-order valence-electron chi connectivity index (χ0n) is 24.7. The molecule has 2 N–H and O–H groups in total. The molecule has 9 heteroatoms. The molecule has 0 fully saturated rings. The van der Waals surface area contributed by atoms with Crippen molar-refractivity contribution < 1.29 is 37.6 Å². The van der Waals surface area contributed by atoms with Crippen molar-refractivity contribution in [2.24, 2.45) is 0 Å². The van der Waals surface area contributed by atoms with Crippen molar-refractivity contribution >= 4 is 7.82 Å². The summed E-state index contributed by atoms with van der Waals surface area (Å²) in [6.07, 6.45) is 21.0. The Labute approximate surface area is 228 Å². The third-order valence-corrected chi connectivity index (χ3v) is 7.84. The highest BCUT2D eigenvalue weighted by Gasteiger charge is 2.25. The number of phosphoric acid groups is 1. The third-order valence-electron chi connectivity index (χ3n) is 6.86. The van der Waals surface area contributed by atoms with Crippen LogP contribution in [0.1, 0.15) is 110 Å². The summed E-state index contributed by atoms with van der Waals surface area (Å²) in [5.74, 6) is 0. The number of unbranched alkanes of at least 4 members (excludes halogenated alkanes) is 15. The fraction of sp³-hybridized carbons (Fsp3) is 1.00. The molecule has 0 spiro atoms. The topological polar surface area (TPSA) is 94.5 Å². The van der Waals surface area contributed by atoms with Crippen LogP contribution in [0, 0.1) is 0 Å². The van der Waals surface area contributed by atoms with E-state index in [2.05, 4.69) is 6.92 Å². The lowest BCUT2D eigenvalue weighted by atomic mass is 10.0. The van der Waals surface area contributed by atoms with Gasteiger partial charge in [-0.25, -0.2) is 4.57 Å². The number of phosphoric ester groups is 1. The molecular formula is C28H61NO7P+. The number of aliphatic hydroxyl groups excluding tert-OH is 1. The van der Waals surface area contributed by atoms with Gasteiger partial charge < -0.3 is 24.0 Å². The molecule has 37 heavy (non-hydrogen) atoms. The van der Waals surface area contributed by atoms with Crippen molar-refractivity contribution in [3.63, 3.8) is 0 Å². The average molecular weight is 555 g/mol. The SMILES string of the molecule is CCCCCCCCCCCCCCCCCCOC[C@@H](COP(=O)(O)OCC[N+](C)(C)CCO)OC. The van der Waals surface area contributed by atoms with Gasteiger partial charge in [0, 0.05) is 13.7 Å². The van der Waals surface area contributed by atoms with Crippen molar-refractivity contribution in [2.75, 3.05) is 67.3 Å². The number of rotatable bonds is 29. The molecule has 0 aliphatic heterocycles. The molecule has 0 bridgehead atoms. The van der Waals surface area contributed by atoms with Crippen LogP contribution in [0.15, 0.2) is 0 Å². The molecule has 0 rings (SSSR count). The summed E-state index contributed by atoms with van der Waals surface area (Å²) >= 11 is 0. The second-order valence-corrected chi connectivity index (χ2v) is 12.4. The van der Waals surface area contributed by atoms with Gasteiger partial charge in [0.05, 0.1) is 33.9 Å². The summed E-state index contributed by atoms with van der Waals surface area (Å²) in [5, 5.41) is 9.04. The lowest BCUT2D eigenvalue weighted by Crippen LogP contribution is -2.44. The van der Waals surface area contributed by atoms with Crippen molar-refractivity contribution in [1.82, 2.24) is 0 Å². The Kier molecular flexibility index (Phi) is 24.9. The molecule has 0 aliphatic carbocycles. The highest BCUT2D eigenvalue weighted by molar-refractivity contribution is 7.47. The summed E-state index contributed by atoms with van der Waals surface area (Å²) in [7, 11) is 1.21. The first-order valence-corrected chi connectivity index (χ1v) is 16.4. The smallest absolute Gasteiger partial charge is 0.391 e. The lowest BCUT2D eigenvalue weighted by molar-refractivity contribution is -0.890. The molecule has 8 nitrogen and oxygen atoms in total. The third kappa shape index (κ3) is 26.0. The first kappa shape index (κ1) is 37.0. The molecule has 0 aromatic carbocycles. The molecule has 0 saturated heterocycles. The van der Waals surface area contributed by atoms with Gasteiger partial charge in [-0.3, -0.25) is 9.05 Å². The van der Waals surface area contributed by atoms with E-state index in [9.17, 15) is 9.46 Å². The van der Waals surface area contributed by atoms with Crippen LogP contribution in [0.25, 0.3) is 0 Å². The zero-order valence-corrected chi connectivity index (χ0v) is 25.6. The number of methoxy groups -OCH3 is 1. The standard InChI is InChI=1S/C28H60NO7P/c1-5-6-7-8-9-10-11-12-13-14-15-16-17-18-19-20-24-34-26-28(33-4)27-36-37(31,32)35-25-22-29(2,3)21-23-30/h28,30H,5-27H2,1-4H3/p+1/t28-/m0/s1. The summed E-state index contributed by atoms with van der Waals surface area (Å²) in [6, 6.07) is 0. The minimum atomic E-state index is -4.15. The van der Waals surface area contributed by atoms with Crippen LogP contribution in [0.4, 0.5) is 0 Å². The van der Waals surface area contributed by atoms with E-state index in [1.807, 2.05) is 14.1 Å². The molecule has 224 valence electrons. The number of likely N-dealkylation sites (N-methyl/N-ethyl adjacent to an activating group) is 1. The molecule has 0 heterocycles. The van der Waals surface area contributed by atoms with Gasteiger partial charge in [-0.2, -0.15) is 0 Å². The molecular weight excluding hydrogens is 493 g/mol. The Morgan fingerprint density at radius 1 is 0.703 bits per heavy atom. The monoisotopic (exact) mass is 554 g/mol. The molecule has 2 atom stereocenters. The second kappa shape index (κ2) is 25.0. The maximum Gasteiger partial charge on any atom is 0.472 e. The summed E-state index contributed by atoms with van der Waals surface area (Å²) < 4.78 is 33.7. The Hall–Kier alpha value is -0.0500. The van der Waals surface area contributed by atoms with Crippen LogP contribution in [-0.4, -0.2) is 87.9 Å². The first-order chi connectivity index (χ1) is 17.8. The maximum atomic E-state index is 12.1. The van der Waals surface area contributed by atoms with Crippen molar-refractivity contribution in [2.45, 2.75) is 116 Å². The summed E-state index contributed by atoms with van der Waals surface area (Å²) in [4.78, 5) is 9.87. The van der Waals surface area contributed by atoms with Crippen LogP contribution in [0.2, 0.25) is 0 Å². The van der Waals surface area contributed by atoms with Gasteiger partial charge in [-0.05, 0) is 6.42 Å². The van der Waals surface area contributed by atoms with E-state index in [0.29, 0.717) is 30.8 Å². The lowest BCUT2D eigenvalue weighted by Gasteiger charge is -2.29. The van der Waals surface area contributed by atoms with E-state index in [4.69, 9.17) is 23.6 Å². The van der Waals surface area contributed by atoms with Crippen LogP contribution in [-0.2, 0) is 23.1 Å². The minimum Gasteiger partial charge on any atom is -0.391 e. The number of ether oxygens (including phenoxy) is 2. The normalized spacial score (nSPS) is 14.6. The predicted molar refractivity (Wildman–Crippen MR) is 152 cm³/mol. The van der Waals surface area contributed by atoms with Crippen LogP contribution < -0.4 is 0 Å². The predicted octanol–water partition coefficient (Wildman–Crippen LogP) is 6.48. The maximum absolute atomic E-state index is 12.1. The van der Waals surface area contributed by atoms with Gasteiger partial charge in [-0.15, -0.1) is 0 Å². The number of quaternary nitrogens is 1. The van der Waals surface area contributed by atoms with Gasteiger partial charge in [-0.1, -0.05) is 103 Å². The van der Waals surface area contributed by atoms with E-state index in [1.165, 1.54) is 97.0 Å². The highest BCUT2D eigenvalue weighted by atomic mass is 31.2. The molecule has 0 aromatic heterocycles. The van der Waals surface area contributed by atoms with E-state index >= 15 is 0 Å². The van der Waals surface area contributed by atoms with E-state index in [-0.39, 0.29) is 19.8 Å². The summed E-state index contributed by atoms with van der Waals surface area (Å²) in [6.45, 7) is 4.32. The van der Waals surface area contributed by atoms with Gasteiger partial charge in [0.15, 0.2) is 0 Å². The molecule has 0 saturated carbocycles. The summed E-state index contributed by atoms with van der Waals surface area (Å²) in [5.41, 5.74) is 0. The van der Waals surface area contributed by atoms with Crippen molar-refractivity contribution in [3.8, 4) is 0 Å². The number of nitrogens with zero attached hydrogens (tertiary/aromatic N) is 1. The molecule has 0 aromatic rings. The fourth-order valence-corrected chi connectivity index (χ4v) is 4.89. The molecule has 0 radical (unpaired) electrons. The highest BCUT2D eigenvalue weighted by Crippen LogP contribution is 2.43. The minimum absolute atomic E-state index is 0.0508. The quantitative estimate of drug-likeness (QED) is 0.0621. The largest absolute Gasteiger partial charge is 0.472 e. The second-order valence-electron chi connectivity index (χ2n) is 10.9. The first-order valence-electron chi connectivity index (χ1n) is 14.9. The Balaban J connectivity index is 3.57. The van der Waals surface area contributed by atoms with Crippen LogP contribution in [0.5, 0.6) is 0 Å². The van der Waals surface area contributed by atoms with E-state index < -0.39 is 13.9 Å². The van der Waals surface area contributed by atoms with Crippen molar-refractivity contribution in [1.29, 1.82) is 0 Å². The van der Waals surface area contributed by atoms with Gasteiger partial charge in [0.1, 0.15) is 25.8 Å². The zero-order chi connectivity index (χ0) is 27.7. The van der Waals surface area contributed by atoms with Crippen LogP contribution in [0.3, 0.4) is 0 Å². The van der Waals surface area contributed by atoms with Crippen LogP contribution >= 0.6 is 7.82 Å². The molecule has 0 aliphatic rings. The van der Waals surface area contributed by atoms with Gasteiger partial charge in [0.2, 0.25) is 0 Å². The molecule has 0 amide bonds. The van der Waals surface area contributed by atoms with Gasteiger partial charge in [0.25, 0.3) is 0 Å². The number of hydrogen-bond donors (Lipinski definition) is 2. The van der Waals surface area contributed by atoms with E-state index in [0.717, 1.165) is 12.8 Å². The average Bonchev–Trinajstić information content (AvgIpc) is 2.84. The molecule has 1 unspecified atom stereocenters. The van der Waals surface area contributed by atoms with Crippen molar-refractivity contribution in [3.05, 3.63) is 0 Å². The Bertz CT molecular complexity index is 537. The Morgan fingerprint density at radius 3 is 1.65 bits per heavy atom. The fourth-order valence-electron chi connectivity index (χ4n) is 4.15. The number of aliphatic hydroxyl groups is 1. The van der Waals surface area contributed by atoms with E-state index in [1.54, 1.807) is 0 Å². The Morgan fingerprint density at radius 2 is 1.19 bits per heavy atom. The number of hydrogen-bond acceptors (Lipinski definition) is 6. The van der Waals surface area contributed by atoms with Gasteiger partial charge >= 0.3 is 7.82 Å².